The summed E-state index contributed by atoms with van der Waals surface area (Å²) in [4.78, 5) is 11.2. The molecule has 1 aromatic rings. The van der Waals surface area contributed by atoms with Crippen LogP contribution < -0.4 is 5.11 Å². The lowest BCUT2D eigenvalue weighted by molar-refractivity contribution is -0.268. The van der Waals surface area contributed by atoms with E-state index in [9.17, 15) is 9.90 Å². The summed E-state index contributed by atoms with van der Waals surface area (Å²) in [5.74, 6) is -1.51. The van der Waals surface area contributed by atoms with Gasteiger partial charge in [-0.15, -0.1) is 6.58 Å². The molecule has 1 rings (SSSR count). The zero-order valence-corrected chi connectivity index (χ0v) is 15.0. The molecule has 0 amide bonds. The minimum atomic E-state index is -1.12. The molecule has 0 unspecified atom stereocenters. The molecule has 1 aromatic carbocycles. The van der Waals surface area contributed by atoms with E-state index in [1.807, 2.05) is 6.08 Å². The molecule has 25 heavy (non-hydrogen) atoms. The maximum atomic E-state index is 11.6. The van der Waals surface area contributed by atoms with Crippen LogP contribution in [0.25, 0.3) is 0 Å². The van der Waals surface area contributed by atoms with Crippen LogP contribution >= 0.6 is 0 Å². The number of aryl methyl sites for hydroxylation is 1. The Balaban J connectivity index is 2.11. The van der Waals surface area contributed by atoms with Gasteiger partial charge in [0.1, 0.15) is 0 Å². The number of hydrogen-bond donors (Lipinski definition) is 1. The molecule has 0 atom stereocenters. The summed E-state index contributed by atoms with van der Waals surface area (Å²) in [5, 5.41) is 20.8. The summed E-state index contributed by atoms with van der Waals surface area (Å²) in [7, 11) is 0. The van der Waals surface area contributed by atoms with E-state index in [1.54, 1.807) is 12.1 Å². The number of unbranched alkanes of at least 4 members (excludes halogenated alkanes) is 5. The molecule has 0 spiro atoms. The molecule has 0 aliphatic carbocycles. The van der Waals surface area contributed by atoms with E-state index in [0.717, 1.165) is 38.5 Å². The van der Waals surface area contributed by atoms with E-state index in [0.29, 0.717) is 12.0 Å². The number of allylic oxidation sites excluding steroid dienone is 5. The number of rotatable bonds is 13. The number of carboxylic acids is 1. The minimum Gasteiger partial charge on any atom is -0.872 e. The van der Waals surface area contributed by atoms with Crippen LogP contribution in [0.5, 0.6) is 5.75 Å². The minimum absolute atomic E-state index is 0.0604. The quantitative estimate of drug-likeness (QED) is 0.385. The highest BCUT2D eigenvalue weighted by Gasteiger charge is 2.09. The molecular formula is C22H29O3-. The summed E-state index contributed by atoms with van der Waals surface area (Å²) in [6, 6.07) is 4.71. The van der Waals surface area contributed by atoms with E-state index in [4.69, 9.17) is 5.11 Å². The van der Waals surface area contributed by atoms with E-state index in [-0.39, 0.29) is 5.56 Å². The van der Waals surface area contributed by atoms with Gasteiger partial charge in [0.2, 0.25) is 0 Å². The van der Waals surface area contributed by atoms with E-state index < -0.39 is 11.7 Å². The second-order valence-corrected chi connectivity index (χ2v) is 6.10. The van der Waals surface area contributed by atoms with Crippen molar-refractivity contribution in [1.82, 2.24) is 0 Å². The van der Waals surface area contributed by atoms with E-state index in [2.05, 4.69) is 30.9 Å². The van der Waals surface area contributed by atoms with Crippen molar-refractivity contribution >= 4 is 5.97 Å². The SMILES string of the molecule is C=CC/C=C\C/C=C\CCCCCCCc1cccc([O-])c1C(=O)O. The summed E-state index contributed by atoms with van der Waals surface area (Å²) in [5.41, 5.74) is 0.599. The number of hydrogen-bond acceptors (Lipinski definition) is 2. The molecule has 0 aliphatic heterocycles. The molecule has 0 heterocycles. The molecular weight excluding hydrogens is 312 g/mol. The Morgan fingerprint density at radius 2 is 1.68 bits per heavy atom. The normalized spacial score (nSPS) is 11.4. The maximum Gasteiger partial charge on any atom is 0.335 e. The van der Waals surface area contributed by atoms with Crippen molar-refractivity contribution in [3.05, 3.63) is 66.3 Å². The third-order valence-corrected chi connectivity index (χ3v) is 4.05. The van der Waals surface area contributed by atoms with Crippen LogP contribution in [0.15, 0.2) is 55.2 Å². The fourth-order valence-corrected chi connectivity index (χ4v) is 2.72. The molecule has 0 saturated heterocycles. The van der Waals surface area contributed by atoms with Gasteiger partial charge >= 0.3 is 5.97 Å². The zero-order chi connectivity index (χ0) is 18.3. The first-order valence-electron chi connectivity index (χ1n) is 9.10. The number of carboxylic acid groups (broad SMARTS) is 1. The van der Waals surface area contributed by atoms with E-state index >= 15 is 0 Å². The summed E-state index contributed by atoms with van der Waals surface area (Å²) in [6.07, 6.45) is 19.8. The Kier molecular flexibility index (Phi) is 10.8. The molecule has 1 N–H and O–H groups in total. The molecule has 3 nitrogen and oxygen atoms in total. The first kappa shape index (κ1) is 20.8. The van der Waals surface area contributed by atoms with Crippen LogP contribution in [0.1, 0.15) is 67.3 Å². The second-order valence-electron chi connectivity index (χ2n) is 6.10. The molecule has 0 bridgehead atoms. The van der Waals surface area contributed by atoms with Gasteiger partial charge in [0.15, 0.2) is 0 Å². The Bertz CT molecular complexity index is 585. The average Bonchev–Trinajstić information content (AvgIpc) is 2.58. The highest BCUT2D eigenvalue weighted by Crippen LogP contribution is 2.21. The summed E-state index contributed by atoms with van der Waals surface area (Å²) in [6.45, 7) is 3.67. The van der Waals surface area contributed by atoms with Crippen molar-refractivity contribution in [3.8, 4) is 5.75 Å². The lowest BCUT2D eigenvalue weighted by Gasteiger charge is -2.14. The largest absolute Gasteiger partial charge is 0.872 e. The standard InChI is InChI=1S/C22H30O3/c1-2-3-4-5-6-7-8-9-10-11-12-13-14-16-19-17-15-18-20(23)21(19)22(24)25/h2,4-5,7-8,15,17-18,23H,1,3,6,9-14,16H2,(H,24,25)/p-1/b5-4-,8-7-. The van der Waals surface area contributed by atoms with Gasteiger partial charge in [-0.05, 0) is 44.1 Å². The fraction of sp³-hybridized carbons (Fsp3) is 0.409. The Labute approximate surface area is 151 Å². The smallest absolute Gasteiger partial charge is 0.335 e. The molecule has 0 fully saturated rings. The first-order chi connectivity index (χ1) is 12.2. The highest BCUT2D eigenvalue weighted by atomic mass is 16.4. The van der Waals surface area contributed by atoms with Crippen molar-refractivity contribution in [2.24, 2.45) is 0 Å². The molecule has 0 radical (unpaired) electrons. The van der Waals surface area contributed by atoms with Crippen LogP contribution in [0.4, 0.5) is 0 Å². The number of aromatic carboxylic acids is 1. The zero-order valence-electron chi connectivity index (χ0n) is 15.0. The molecule has 3 heteroatoms. The molecule has 136 valence electrons. The topological polar surface area (TPSA) is 60.4 Å². The average molecular weight is 341 g/mol. The van der Waals surface area contributed by atoms with E-state index in [1.165, 1.54) is 18.9 Å². The van der Waals surface area contributed by atoms with Crippen LogP contribution in [0.3, 0.4) is 0 Å². The van der Waals surface area contributed by atoms with Gasteiger partial charge in [-0.25, -0.2) is 4.79 Å². The monoisotopic (exact) mass is 341 g/mol. The van der Waals surface area contributed by atoms with Crippen molar-refractivity contribution in [1.29, 1.82) is 0 Å². The van der Waals surface area contributed by atoms with Gasteiger partial charge in [0, 0.05) is 0 Å². The van der Waals surface area contributed by atoms with Gasteiger partial charge in [0.25, 0.3) is 0 Å². The van der Waals surface area contributed by atoms with Gasteiger partial charge < -0.3 is 10.2 Å². The lowest BCUT2D eigenvalue weighted by atomic mass is 9.99. The third-order valence-electron chi connectivity index (χ3n) is 4.05. The van der Waals surface area contributed by atoms with Crippen molar-refractivity contribution in [3.63, 3.8) is 0 Å². The van der Waals surface area contributed by atoms with Gasteiger partial charge in [-0.3, -0.25) is 0 Å². The predicted molar refractivity (Wildman–Crippen MR) is 102 cm³/mol. The second kappa shape index (κ2) is 13.1. The van der Waals surface area contributed by atoms with Crippen LogP contribution in [0.2, 0.25) is 0 Å². The first-order valence-corrected chi connectivity index (χ1v) is 9.10. The maximum absolute atomic E-state index is 11.6. The van der Waals surface area contributed by atoms with Crippen molar-refractivity contribution in [2.45, 2.75) is 57.8 Å². The lowest BCUT2D eigenvalue weighted by Crippen LogP contribution is -2.08. The van der Waals surface area contributed by atoms with Crippen molar-refractivity contribution in [2.75, 3.05) is 0 Å². The van der Waals surface area contributed by atoms with Crippen LogP contribution in [-0.4, -0.2) is 11.1 Å². The highest BCUT2D eigenvalue weighted by molar-refractivity contribution is 5.92. The van der Waals surface area contributed by atoms with Gasteiger partial charge in [0.05, 0.1) is 5.56 Å². The number of carbonyl (C=O) groups is 1. The summed E-state index contributed by atoms with van der Waals surface area (Å²) < 4.78 is 0. The van der Waals surface area contributed by atoms with Crippen LogP contribution in [0, 0.1) is 0 Å². The van der Waals surface area contributed by atoms with Gasteiger partial charge in [-0.2, -0.15) is 0 Å². The molecule has 0 aromatic heterocycles. The molecule has 0 aliphatic rings. The Morgan fingerprint density at radius 3 is 2.44 bits per heavy atom. The van der Waals surface area contributed by atoms with Crippen molar-refractivity contribution < 1.29 is 15.0 Å². The fourth-order valence-electron chi connectivity index (χ4n) is 2.72. The predicted octanol–water partition coefficient (Wildman–Crippen LogP) is 5.42. The summed E-state index contributed by atoms with van der Waals surface area (Å²) >= 11 is 0. The number of benzene rings is 1. The molecule has 0 saturated carbocycles. The van der Waals surface area contributed by atoms with Gasteiger partial charge in [-0.1, -0.05) is 73.6 Å². The Hall–Kier alpha value is -2.29. The third kappa shape index (κ3) is 8.94. The van der Waals surface area contributed by atoms with Crippen LogP contribution in [-0.2, 0) is 6.42 Å². The Morgan fingerprint density at radius 1 is 1.00 bits per heavy atom.